The van der Waals surface area contributed by atoms with Gasteiger partial charge >= 0.3 is 0 Å². The van der Waals surface area contributed by atoms with Crippen molar-refractivity contribution in [3.8, 4) is 0 Å². The van der Waals surface area contributed by atoms with Crippen molar-refractivity contribution in [2.24, 2.45) is 0 Å². The first-order chi connectivity index (χ1) is 10.2. The number of hydrogen-bond donors (Lipinski definition) is 1. The smallest absolute Gasteiger partial charge is 0.283 e. The molecule has 0 atom stereocenters. The lowest BCUT2D eigenvalue weighted by atomic mass is 9.97. The molecule has 1 aliphatic rings. The molecule has 0 radical (unpaired) electrons. The number of hydrogen-bond acceptors (Lipinski definition) is 3. The van der Waals surface area contributed by atoms with Crippen LogP contribution >= 0.6 is 15.9 Å². The van der Waals surface area contributed by atoms with Gasteiger partial charge in [-0.1, -0.05) is 25.0 Å². The molecule has 0 saturated carbocycles. The number of rotatable bonds is 7. The van der Waals surface area contributed by atoms with Gasteiger partial charge in [-0.2, -0.15) is 5.10 Å². The fourth-order valence-electron chi connectivity index (χ4n) is 2.54. The lowest BCUT2D eigenvalue weighted by molar-refractivity contribution is 0.541. The van der Waals surface area contributed by atoms with E-state index in [0.29, 0.717) is 11.0 Å². The topological polar surface area (TPSA) is 46.9 Å². The van der Waals surface area contributed by atoms with E-state index in [-0.39, 0.29) is 5.56 Å². The Morgan fingerprint density at radius 1 is 1.43 bits per heavy atom. The number of nitrogens with zero attached hydrogens (tertiary/aromatic N) is 2. The Bertz CT molecular complexity index is 551. The van der Waals surface area contributed by atoms with Crippen molar-refractivity contribution in [3.63, 3.8) is 0 Å². The Balaban J connectivity index is 1.92. The second-order valence-electron chi connectivity index (χ2n) is 5.54. The van der Waals surface area contributed by atoms with E-state index in [1.54, 1.807) is 6.20 Å². The van der Waals surface area contributed by atoms with E-state index in [9.17, 15) is 4.79 Å². The van der Waals surface area contributed by atoms with Crippen LogP contribution in [0.4, 0.5) is 5.69 Å². The van der Waals surface area contributed by atoms with E-state index in [2.05, 4.69) is 39.3 Å². The van der Waals surface area contributed by atoms with E-state index in [1.165, 1.54) is 35.9 Å². The van der Waals surface area contributed by atoms with E-state index in [0.717, 1.165) is 31.5 Å². The normalized spacial score (nSPS) is 14.9. The summed E-state index contributed by atoms with van der Waals surface area (Å²) < 4.78 is 2.12. The highest BCUT2D eigenvalue weighted by molar-refractivity contribution is 9.10. The summed E-state index contributed by atoms with van der Waals surface area (Å²) in [7, 11) is 0. The Morgan fingerprint density at radius 3 is 3.00 bits per heavy atom. The number of unbranched alkanes of at least 4 members (excludes halogenated alkanes) is 1. The molecule has 1 N–H and O–H groups in total. The van der Waals surface area contributed by atoms with Gasteiger partial charge in [0.05, 0.1) is 11.9 Å². The molecular weight excluding hydrogens is 330 g/mol. The largest absolute Gasteiger partial charge is 0.382 e. The van der Waals surface area contributed by atoms with Crippen molar-refractivity contribution in [2.75, 3.05) is 11.9 Å². The number of allylic oxidation sites excluding steroid dienone is 1. The van der Waals surface area contributed by atoms with Gasteiger partial charge in [0.2, 0.25) is 0 Å². The summed E-state index contributed by atoms with van der Waals surface area (Å²) >= 11 is 3.40. The fourth-order valence-corrected chi connectivity index (χ4v) is 2.99. The minimum absolute atomic E-state index is 0.0506. The molecule has 0 aromatic carbocycles. The van der Waals surface area contributed by atoms with Crippen LogP contribution in [-0.2, 0) is 6.54 Å². The Labute approximate surface area is 134 Å². The van der Waals surface area contributed by atoms with Crippen LogP contribution in [0.15, 0.2) is 27.1 Å². The van der Waals surface area contributed by atoms with Crippen LogP contribution < -0.4 is 10.9 Å². The minimum Gasteiger partial charge on any atom is -0.382 e. The maximum atomic E-state index is 12.2. The van der Waals surface area contributed by atoms with Crippen LogP contribution in [0.25, 0.3) is 0 Å². The van der Waals surface area contributed by atoms with E-state index >= 15 is 0 Å². The molecule has 1 aliphatic carbocycles. The van der Waals surface area contributed by atoms with Crippen LogP contribution in [0.3, 0.4) is 0 Å². The highest BCUT2D eigenvalue weighted by Gasteiger charge is 2.09. The second kappa shape index (κ2) is 8.37. The third-order valence-corrected chi connectivity index (χ3v) is 4.62. The first-order valence-electron chi connectivity index (χ1n) is 7.89. The number of halogens is 1. The zero-order valence-corrected chi connectivity index (χ0v) is 14.3. The van der Waals surface area contributed by atoms with Crippen LogP contribution in [0.2, 0.25) is 0 Å². The SMILES string of the molecule is CCCCn1ncc(NCCC2=CCCCC2)c(Br)c1=O. The number of nitrogens with one attached hydrogen (secondary N) is 1. The molecule has 1 aromatic heterocycles. The van der Waals surface area contributed by atoms with Crippen LogP contribution in [0.5, 0.6) is 0 Å². The molecule has 0 amide bonds. The average molecular weight is 354 g/mol. The summed E-state index contributed by atoms with van der Waals surface area (Å²) in [5, 5.41) is 7.56. The predicted molar refractivity (Wildman–Crippen MR) is 90.8 cm³/mol. The number of aryl methyl sites for hydroxylation is 1. The first kappa shape index (κ1) is 16.3. The number of anilines is 1. The van der Waals surface area contributed by atoms with Gasteiger partial charge in [0, 0.05) is 13.1 Å². The molecule has 0 unspecified atom stereocenters. The summed E-state index contributed by atoms with van der Waals surface area (Å²) in [4.78, 5) is 12.2. The molecule has 4 nitrogen and oxygen atoms in total. The Morgan fingerprint density at radius 2 is 2.29 bits per heavy atom. The van der Waals surface area contributed by atoms with Crippen LogP contribution in [0.1, 0.15) is 51.9 Å². The Kier molecular flexibility index (Phi) is 6.49. The van der Waals surface area contributed by atoms with Crippen molar-refractivity contribution in [2.45, 2.75) is 58.4 Å². The van der Waals surface area contributed by atoms with Crippen LogP contribution in [0, 0.1) is 0 Å². The van der Waals surface area contributed by atoms with Gasteiger partial charge in [-0.3, -0.25) is 4.79 Å². The summed E-state index contributed by atoms with van der Waals surface area (Å²) in [6, 6.07) is 0. The zero-order valence-electron chi connectivity index (χ0n) is 12.7. The van der Waals surface area contributed by atoms with Gasteiger partial charge in [-0.05, 0) is 54.5 Å². The molecule has 21 heavy (non-hydrogen) atoms. The highest BCUT2D eigenvalue weighted by atomic mass is 79.9. The maximum Gasteiger partial charge on any atom is 0.283 e. The minimum atomic E-state index is -0.0506. The van der Waals surface area contributed by atoms with E-state index < -0.39 is 0 Å². The van der Waals surface area contributed by atoms with Crippen molar-refractivity contribution in [1.29, 1.82) is 0 Å². The molecule has 1 heterocycles. The van der Waals surface area contributed by atoms with Crippen LogP contribution in [-0.4, -0.2) is 16.3 Å². The Hall–Kier alpha value is -1.10. The van der Waals surface area contributed by atoms with Gasteiger partial charge in [0.15, 0.2) is 0 Å². The average Bonchev–Trinajstić information content (AvgIpc) is 2.52. The first-order valence-corrected chi connectivity index (χ1v) is 8.69. The van der Waals surface area contributed by atoms with Gasteiger partial charge in [-0.15, -0.1) is 0 Å². The quantitative estimate of drug-likeness (QED) is 0.750. The monoisotopic (exact) mass is 353 g/mol. The molecule has 0 bridgehead atoms. The standard InChI is InChI=1S/C16H24BrN3O/c1-2-3-11-20-16(21)15(17)14(12-19-20)18-10-9-13-7-5-4-6-8-13/h7,12,18H,2-6,8-11H2,1H3. The summed E-state index contributed by atoms with van der Waals surface area (Å²) in [5.74, 6) is 0. The molecular formula is C16H24BrN3O. The van der Waals surface area contributed by atoms with Crippen molar-refractivity contribution < 1.29 is 0 Å². The summed E-state index contributed by atoms with van der Waals surface area (Å²) in [6.07, 6.45) is 12.3. The van der Waals surface area contributed by atoms with Crippen molar-refractivity contribution >= 4 is 21.6 Å². The van der Waals surface area contributed by atoms with Gasteiger partial charge < -0.3 is 5.32 Å². The molecule has 0 saturated heterocycles. The van der Waals surface area contributed by atoms with Crippen molar-refractivity contribution in [3.05, 3.63) is 32.7 Å². The summed E-state index contributed by atoms with van der Waals surface area (Å²) in [6.45, 7) is 3.64. The molecule has 0 spiro atoms. The van der Waals surface area contributed by atoms with Crippen molar-refractivity contribution in [1.82, 2.24) is 9.78 Å². The third-order valence-electron chi connectivity index (χ3n) is 3.85. The fraction of sp³-hybridized carbons (Fsp3) is 0.625. The second-order valence-corrected chi connectivity index (χ2v) is 6.33. The molecule has 0 fully saturated rings. The highest BCUT2D eigenvalue weighted by Crippen LogP contribution is 2.21. The predicted octanol–water partition coefficient (Wildman–Crippen LogP) is 4.11. The molecule has 116 valence electrons. The lowest BCUT2D eigenvalue weighted by Crippen LogP contribution is -2.24. The van der Waals surface area contributed by atoms with Gasteiger partial charge in [0.1, 0.15) is 4.47 Å². The number of aromatic nitrogens is 2. The maximum absolute atomic E-state index is 12.2. The van der Waals surface area contributed by atoms with Gasteiger partial charge in [0.25, 0.3) is 5.56 Å². The summed E-state index contributed by atoms with van der Waals surface area (Å²) in [5.41, 5.74) is 2.28. The molecule has 2 rings (SSSR count). The van der Waals surface area contributed by atoms with Gasteiger partial charge in [-0.25, -0.2) is 4.68 Å². The molecule has 1 aromatic rings. The zero-order chi connectivity index (χ0) is 15.1. The third kappa shape index (κ3) is 4.70. The lowest BCUT2D eigenvalue weighted by Gasteiger charge is -2.14. The van der Waals surface area contributed by atoms with E-state index in [4.69, 9.17) is 0 Å². The van der Waals surface area contributed by atoms with E-state index in [1.807, 2.05) is 0 Å². The molecule has 0 aliphatic heterocycles. The molecule has 5 heteroatoms.